The van der Waals surface area contributed by atoms with Gasteiger partial charge >= 0.3 is 0 Å². The molecule has 0 heterocycles. The molecule has 0 amide bonds. The lowest BCUT2D eigenvalue weighted by Gasteiger charge is -2.13. The number of halogens is 1. The Balaban J connectivity index is 2.48. The Morgan fingerprint density at radius 3 is 2.76 bits per heavy atom. The number of benzene rings is 1. The molecule has 4 heteroatoms. The van der Waals surface area contributed by atoms with E-state index < -0.39 is 0 Å². The maximum absolute atomic E-state index is 5.32. The van der Waals surface area contributed by atoms with Gasteiger partial charge in [-0.25, -0.2) is 0 Å². The van der Waals surface area contributed by atoms with E-state index >= 15 is 0 Å². The molecule has 3 nitrogen and oxygen atoms in total. The highest BCUT2D eigenvalue weighted by Crippen LogP contribution is 2.22. The van der Waals surface area contributed by atoms with Crippen LogP contribution in [0.1, 0.15) is 12.5 Å². The van der Waals surface area contributed by atoms with Crippen LogP contribution in [-0.4, -0.2) is 27.4 Å². The van der Waals surface area contributed by atoms with E-state index in [1.54, 1.807) is 14.2 Å². The fraction of sp³-hybridized carbons (Fsp3) is 0.538. The van der Waals surface area contributed by atoms with E-state index in [-0.39, 0.29) is 0 Å². The molecule has 0 aliphatic heterocycles. The fourth-order valence-corrected chi connectivity index (χ4v) is 2.09. The molecular formula is C13H20BrNO2. The molecule has 1 N–H and O–H groups in total. The summed E-state index contributed by atoms with van der Waals surface area (Å²) in [4.78, 5) is 0. The largest absolute Gasteiger partial charge is 0.496 e. The van der Waals surface area contributed by atoms with Crippen LogP contribution in [0.2, 0.25) is 0 Å². The molecule has 0 saturated heterocycles. The minimum absolute atomic E-state index is 0.512. The number of hydrogen-bond acceptors (Lipinski definition) is 3. The maximum atomic E-state index is 5.32. The van der Waals surface area contributed by atoms with Crippen molar-refractivity contribution in [1.82, 2.24) is 5.32 Å². The zero-order chi connectivity index (χ0) is 12.7. The first-order chi connectivity index (χ1) is 8.17. The zero-order valence-corrected chi connectivity index (χ0v) is 12.2. The van der Waals surface area contributed by atoms with Crippen molar-refractivity contribution in [3.05, 3.63) is 28.2 Å². The van der Waals surface area contributed by atoms with Crippen molar-refractivity contribution in [2.75, 3.05) is 27.4 Å². The van der Waals surface area contributed by atoms with Crippen LogP contribution in [0.3, 0.4) is 0 Å². The van der Waals surface area contributed by atoms with Crippen LogP contribution in [0.25, 0.3) is 0 Å². The normalized spacial score (nSPS) is 12.5. The van der Waals surface area contributed by atoms with Crippen molar-refractivity contribution in [2.45, 2.75) is 13.5 Å². The minimum Gasteiger partial charge on any atom is -0.496 e. The Bertz CT molecular complexity index is 344. The Hall–Kier alpha value is -0.580. The van der Waals surface area contributed by atoms with Crippen LogP contribution in [0.5, 0.6) is 5.75 Å². The summed E-state index contributed by atoms with van der Waals surface area (Å²) >= 11 is 3.47. The lowest BCUT2D eigenvalue weighted by Crippen LogP contribution is -2.23. The summed E-state index contributed by atoms with van der Waals surface area (Å²) in [6, 6.07) is 6.03. The van der Waals surface area contributed by atoms with Gasteiger partial charge in [-0.2, -0.15) is 0 Å². The zero-order valence-electron chi connectivity index (χ0n) is 10.6. The minimum atomic E-state index is 0.512. The fourth-order valence-electron chi connectivity index (χ4n) is 1.68. The van der Waals surface area contributed by atoms with E-state index in [2.05, 4.69) is 34.2 Å². The van der Waals surface area contributed by atoms with Crippen LogP contribution in [0.15, 0.2) is 22.7 Å². The van der Waals surface area contributed by atoms with E-state index in [1.165, 1.54) is 0 Å². The highest BCUT2D eigenvalue weighted by atomic mass is 79.9. The molecule has 17 heavy (non-hydrogen) atoms. The summed E-state index contributed by atoms with van der Waals surface area (Å²) in [5, 5.41) is 3.41. The molecule has 1 aromatic carbocycles. The lowest BCUT2D eigenvalue weighted by atomic mass is 10.1. The summed E-state index contributed by atoms with van der Waals surface area (Å²) in [5.74, 6) is 1.43. The summed E-state index contributed by atoms with van der Waals surface area (Å²) in [6.07, 6.45) is 0. The molecule has 1 atom stereocenters. The predicted molar refractivity (Wildman–Crippen MR) is 73.4 cm³/mol. The van der Waals surface area contributed by atoms with Crippen molar-refractivity contribution in [1.29, 1.82) is 0 Å². The SMILES string of the molecule is COCC(C)CNCc1cc(Br)ccc1OC. The number of nitrogens with one attached hydrogen (secondary N) is 1. The monoisotopic (exact) mass is 301 g/mol. The first kappa shape index (κ1) is 14.5. The molecule has 1 aromatic rings. The lowest BCUT2D eigenvalue weighted by molar-refractivity contribution is 0.158. The van der Waals surface area contributed by atoms with Crippen molar-refractivity contribution < 1.29 is 9.47 Å². The quantitative estimate of drug-likeness (QED) is 0.840. The summed E-state index contributed by atoms with van der Waals surface area (Å²) in [6.45, 7) is 4.68. The van der Waals surface area contributed by atoms with Gasteiger partial charge in [0.1, 0.15) is 5.75 Å². The van der Waals surface area contributed by atoms with Crippen LogP contribution >= 0.6 is 15.9 Å². The molecule has 1 unspecified atom stereocenters. The maximum Gasteiger partial charge on any atom is 0.123 e. The average molecular weight is 302 g/mol. The van der Waals surface area contributed by atoms with Crippen molar-refractivity contribution in [3.8, 4) is 5.75 Å². The third-order valence-corrected chi connectivity index (χ3v) is 3.00. The third-order valence-electron chi connectivity index (χ3n) is 2.50. The van der Waals surface area contributed by atoms with Gasteiger partial charge in [-0.3, -0.25) is 0 Å². The van der Waals surface area contributed by atoms with Gasteiger partial charge in [-0.1, -0.05) is 22.9 Å². The van der Waals surface area contributed by atoms with Gasteiger partial charge in [0, 0.05) is 36.8 Å². The molecule has 0 fully saturated rings. The van der Waals surface area contributed by atoms with Crippen molar-refractivity contribution in [2.24, 2.45) is 5.92 Å². The molecular weight excluding hydrogens is 282 g/mol. The highest BCUT2D eigenvalue weighted by Gasteiger charge is 2.05. The first-order valence-corrected chi connectivity index (χ1v) is 6.48. The van der Waals surface area contributed by atoms with Crippen LogP contribution in [-0.2, 0) is 11.3 Å². The molecule has 0 aliphatic carbocycles. The second kappa shape index (κ2) is 7.69. The Kier molecular flexibility index (Phi) is 6.55. The van der Waals surface area contributed by atoms with E-state index in [1.807, 2.05) is 12.1 Å². The molecule has 0 spiro atoms. The van der Waals surface area contributed by atoms with Gasteiger partial charge < -0.3 is 14.8 Å². The van der Waals surface area contributed by atoms with Gasteiger partial charge in [0.15, 0.2) is 0 Å². The summed E-state index contributed by atoms with van der Waals surface area (Å²) < 4.78 is 11.5. The van der Waals surface area contributed by atoms with Gasteiger partial charge in [0.2, 0.25) is 0 Å². The first-order valence-electron chi connectivity index (χ1n) is 5.69. The van der Waals surface area contributed by atoms with Crippen molar-refractivity contribution >= 4 is 15.9 Å². The molecule has 0 aliphatic rings. The van der Waals surface area contributed by atoms with Crippen LogP contribution in [0.4, 0.5) is 0 Å². The molecule has 1 rings (SSSR count). The molecule has 0 radical (unpaired) electrons. The number of methoxy groups -OCH3 is 2. The second-order valence-electron chi connectivity index (χ2n) is 4.15. The molecule has 0 saturated carbocycles. The van der Waals surface area contributed by atoms with Gasteiger partial charge in [-0.15, -0.1) is 0 Å². The Labute approximate surface area is 112 Å². The number of rotatable bonds is 7. The van der Waals surface area contributed by atoms with Crippen molar-refractivity contribution in [3.63, 3.8) is 0 Å². The number of ether oxygens (including phenoxy) is 2. The smallest absolute Gasteiger partial charge is 0.123 e. The van der Waals surface area contributed by atoms with E-state index in [0.717, 1.165) is 35.5 Å². The van der Waals surface area contributed by atoms with Crippen LogP contribution in [0, 0.1) is 5.92 Å². The molecule has 0 aromatic heterocycles. The van der Waals surface area contributed by atoms with Gasteiger partial charge in [0.05, 0.1) is 7.11 Å². The van der Waals surface area contributed by atoms with Gasteiger partial charge in [0.25, 0.3) is 0 Å². The van der Waals surface area contributed by atoms with E-state index in [0.29, 0.717) is 5.92 Å². The standard InChI is InChI=1S/C13H20BrNO2/c1-10(9-16-2)7-15-8-11-6-12(14)4-5-13(11)17-3/h4-6,10,15H,7-9H2,1-3H3. The third kappa shape index (κ3) is 5.06. The van der Waals surface area contributed by atoms with E-state index in [9.17, 15) is 0 Å². The predicted octanol–water partition coefficient (Wildman–Crippen LogP) is 2.83. The summed E-state index contributed by atoms with van der Waals surface area (Å²) in [5.41, 5.74) is 1.16. The Morgan fingerprint density at radius 1 is 1.35 bits per heavy atom. The number of hydrogen-bond donors (Lipinski definition) is 1. The second-order valence-corrected chi connectivity index (χ2v) is 5.06. The Morgan fingerprint density at radius 2 is 2.12 bits per heavy atom. The summed E-state index contributed by atoms with van der Waals surface area (Å²) in [7, 11) is 3.42. The van der Waals surface area contributed by atoms with Crippen LogP contribution < -0.4 is 10.1 Å². The van der Waals surface area contributed by atoms with Gasteiger partial charge in [-0.05, 0) is 24.1 Å². The highest BCUT2D eigenvalue weighted by molar-refractivity contribution is 9.10. The average Bonchev–Trinajstić information content (AvgIpc) is 2.30. The molecule has 96 valence electrons. The topological polar surface area (TPSA) is 30.5 Å². The molecule has 0 bridgehead atoms. The van der Waals surface area contributed by atoms with E-state index in [4.69, 9.17) is 9.47 Å².